The van der Waals surface area contributed by atoms with Gasteiger partial charge >= 0.3 is 0 Å². The maximum atomic E-state index is 14.2. The molecule has 2 N–H and O–H groups in total. The van der Waals surface area contributed by atoms with E-state index in [2.05, 4.69) is 26.0 Å². The topological polar surface area (TPSA) is 61.7 Å². The Hall–Kier alpha value is -1.96. The van der Waals surface area contributed by atoms with Crippen LogP contribution < -0.4 is 5.73 Å². The molecular weight excluding hydrogens is 344 g/mol. The zero-order chi connectivity index (χ0) is 15.3. The van der Waals surface area contributed by atoms with Crippen molar-refractivity contribution < 1.29 is 8.78 Å². The summed E-state index contributed by atoms with van der Waals surface area (Å²) >= 11 is 2.95. The third kappa shape index (κ3) is 2.01. The molecule has 0 saturated heterocycles. The maximum absolute atomic E-state index is 14.2. The number of nitrogens with zero attached hydrogens (tertiary/aromatic N) is 4. The number of aromatic nitrogens is 4. The molecule has 0 aliphatic rings. The van der Waals surface area contributed by atoms with Gasteiger partial charge in [-0.25, -0.2) is 18.4 Å². The van der Waals surface area contributed by atoms with Crippen LogP contribution in [-0.4, -0.2) is 19.3 Å². The fraction of sp³-hybridized carbons (Fsp3) is 0.231. The fourth-order valence-electron chi connectivity index (χ4n) is 2.36. The SMILES string of the molecule is CCc1nn(C)c2c1nc(N)n2-c1cc(F)c(Br)cc1F. The van der Waals surface area contributed by atoms with Gasteiger partial charge in [0, 0.05) is 13.1 Å². The monoisotopic (exact) mass is 355 g/mol. The number of nitrogens with two attached hydrogens (primary N) is 1. The molecule has 8 heteroatoms. The van der Waals surface area contributed by atoms with Crippen molar-refractivity contribution >= 4 is 33.0 Å². The lowest BCUT2D eigenvalue weighted by atomic mass is 10.3. The molecule has 1 aromatic carbocycles. The maximum Gasteiger partial charge on any atom is 0.207 e. The summed E-state index contributed by atoms with van der Waals surface area (Å²) in [5, 5.41) is 4.32. The highest BCUT2D eigenvalue weighted by atomic mass is 79.9. The van der Waals surface area contributed by atoms with Crippen LogP contribution in [0, 0.1) is 11.6 Å². The van der Waals surface area contributed by atoms with Crippen LogP contribution in [0.5, 0.6) is 0 Å². The van der Waals surface area contributed by atoms with Crippen LogP contribution in [0.3, 0.4) is 0 Å². The summed E-state index contributed by atoms with van der Waals surface area (Å²) in [4.78, 5) is 4.23. The highest BCUT2D eigenvalue weighted by Gasteiger charge is 2.21. The van der Waals surface area contributed by atoms with Gasteiger partial charge in [0.15, 0.2) is 5.65 Å². The number of fused-ring (bicyclic) bond motifs is 1. The molecule has 0 aliphatic carbocycles. The van der Waals surface area contributed by atoms with Gasteiger partial charge in [0.2, 0.25) is 5.95 Å². The number of halogens is 3. The molecule has 2 aromatic heterocycles. The van der Waals surface area contributed by atoms with Crippen molar-refractivity contribution in [1.29, 1.82) is 0 Å². The quantitative estimate of drug-likeness (QED) is 0.719. The van der Waals surface area contributed by atoms with E-state index in [1.807, 2.05) is 6.92 Å². The molecule has 0 unspecified atom stereocenters. The second kappa shape index (κ2) is 4.80. The Kier molecular flexibility index (Phi) is 3.20. The van der Waals surface area contributed by atoms with Crippen molar-refractivity contribution in [2.24, 2.45) is 7.05 Å². The van der Waals surface area contributed by atoms with Crippen LogP contribution >= 0.6 is 15.9 Å². The molecule has 0 radical (unpaired) electrons. The Balaban J connectivity index is 2.38. The standard InChI is InChI=1S/C13H12BrF2N5/c1-3-9-11-12(20(2)19-9)21(13(17)18-11)10-5-7(15)6(14)4-8(10)16/h4-5H,3H2,1-2H3,(H2,17,18). The number of hydrogen-bond acceptors (Lipinski definition) is 3. The molecule has 0 amide bonds. The third-order valence-corrected chi connectivity index (χ3v) is 3.90. The first-order valence-corrected chi connectivity index (χ1v) is 7.08. The molecule has 110 valence electrons. The van der Waals surface area contributed by atoms with Crippen molar-refractivity contribution in [1.82, 2.24) is 19.3 Å². The Labute approximate surface area is 127 Å². The Bertz CT molecular complexity index is 852. The van der Waals surface area contributed by atoms with E-state index >= 15 is 0 Å². The summed E-state index contributed by atoms with van der Waals surface area (Å²) in [6.07, 6.45) is 0.672. The van der Waals surface area contributed by atoms with Crippen LogP contribution in [-0.2, 0) is 13.5 Å². The number of benzene rings is 1. The largest absolute Gasteiger partial charge is 0.369 e. The number of hydrogen-bond donors (Lipinski definition) is 1. The van der Waals surface area contributed by atoms with Gasteiger partial charge in [0.25, 0.3) is 0 Å². The lowest BCUT2D eigenvalue weighted by Crippen LogP contribution is -2.07. The summed E-state index contributed by atoms with van der Waals surface area (Å²) in [6, 6.07) is 2.14. The normalized spacial score (nSPS) is 11.5. The van der Waals surface area contributed by atoms with E-state index in [0.29, 0.717) is 17.6 Å². The van der Waals surface area contributed by atoms with Crippen molar-refractivity contribution in [3.05, 3.63) is 33.9 Å². The van der Waals surface area contributed by atoms with Crippen LogP contribution in [0.25, 0.3) is 16.9 Å². The first kappa shape index (κ1) is 14.0. The van der Waals surface area contributed by atoms with Gasteiger partial charge in [0.1, 0.15) is 17.2 Å². The molecule has 3 rings (SSSR count). The van der Waals surface area contributed by atoms with E-state index in [0.717, 1.165) is 17.8 Å². The average Bonchev–Trinajstić information content (AvgIpc) is 2.91. The highest BCUT2D eigenvalue weighted by molar-refractivity contribution is 9.10. The van der Waals surface area contributed by atoms with Crippen molar-refractivity contribution in [3.63, 3.8) is 0 Å². The zero-order valence-electron chi connectivity index (χ0n) is 11.4. The van der Waals surface area contributed by atoms with Crippen molar-refractivity contribution in [2.45, 2.75) is 13.3 Å². The molecule has 3 aromatic rings. The molecule has 0 aliphatic heterocycles. The first-order chi connectivity index (χ1) is 9.93. The van der Waals surface area contributed by atoms with E-state index in [4.69, 9.17) is 5.73 Å². The molecule has 5 nitrogen and oxygen atoms in total. The van der Waals surface area contributed by atoms with Gasteiger partial charge in [0.05, 0.1) is 15.9 Å². The summed E-state index contributed by atoms with van der Waals surface area (Å²) in [5.74, 6) is -1.09. The molecule has 0 fully saturated rings. The lowest BCUT2D eigenvalue weighted by Gasteiger charge is -2.09. The smallest absolute Gasteiger partial charge is 0.207 e. The molecule has 2 heterocycles. The predicted octanol–water partition coefficient (Wildman–Crippen LogP) is 2.94. The van der Waals surface area contributed by atoms with Gasteiger partial charge in [-0.3, -0.25) is 4.57 Å². The van der Waals surface area contributed by atoms with E-state index in [9.17, 15) is 8.78 Å². The molecular formula is C13H12BrF2N5. The van der Waals surface area contributed by atoms with E-state index in [1.54, 1.807) is 11.7 Å². The highest BCUT2D eigenvalue weighted by Crippen LogP contribution is 2.29. The van der Waals surface area contributed by atoms with Crippen LogP contribution in [0.2, 0.25) is 0 Å². The lowest BCUT2D eigenvalue weighted by molar-refractivity contribution is 0.587. The second-order valence-corrected chi connectivity index (χ2v) is 5.47. The number of imidazole rings is 1. The van der Waals surface area contributed by atoms with E-state index < -0.39 is 11.6 Å². The van der Waals surface area contributed by atoms with Crippen LogP contribution in [0.1, 0.15) is 12.6 Å². The number of nitrogen functional groups attached to an aromatic ring is 1. The van der Waals surface area contributed by atoms with Crippen molar-refractivity contribution in [3.8, 4) is 5.69 Å². The predicted molar refractivity (Wildman–Crippen MR) is 79.2 cm³/mol. The van der Waals surface area contributed by atoms with Gasteiger partial charge in [-0.05, 0) is 28.4 Å². The molecule has 21 heavy (non-hydrogen) atoms. The van der Waals surface area contributed by atoms with Gasteiger partial charge < -0.3 is 5.73 Å². The van der Waals surface area contributed by atoms with Crippen LogP contribution in [0.15, 0.2) is 16.6 Å². The first-order valence-electron chi connectivity index (χ1n) is 6.28. The fourth-order valence-corrected chi connectivity index (χ4v) is 2.67. The molecule has 0 spiro atoms. The molecule has 0 bridgehead atoms. The number of rotatable bonds is 2. The number of aryl methyl sites for hydroxylation is 2. The zero-order valence-corrected chi connectivity index (χ0v) is 12.9. The number of anilines is 1. The second-order valence-electron chi connectivity index (χ2n) is 4.62. The van der Waals surface area contributed by atoms with Gasteiger partial charge in [-0.2, -0.15) is 5.10 Å². The van der Waals surface area contributed by atoms with Crippen LogP contribution in [0.4, 0.5) is 14.7 Å². The average molecular weight is 356 g/mol. The van der Waals surface area contributed by atoms with Gasteiger partial charge in [-0.15, -0.1) is 0 Å². The van der Waals surface area contributed by atoms with Gasteiger partial charge in [-0.1, -0.05) is 6.92 Å². The summed E-state index contributed by atoms with van der Waals surface area (Å²) in [5.41, 5.74) is 7.78. The summed E-state index contributed by atoms with van der Waals surface area (Å²) in [6.45, 7) is 1.94. The molecule has 0 atom stereocenters. The summed E-state index contributed by atoms with van der Waals surface area (Å²) < 4.78 is 30.9. The Morgan fingerprint density at radius 1 is 1.29 bits per heavy atom. The van der Waals surface area contributed by atoms with Crippen molar-refractivity contribution in [2.75, 3.05) is 5.73 Å². The molecule has 0 saturated carbocycles. The minimum Gasteiger partial charge on any atom is -0.369 e. The third-order valence-electron chi connectivity index (χ3n) is 3.30. The minimum absolute atomic E-state index is 0.00125. The minimum atomic E-state index is -0.603. The van der Waals surface area contributed by atoms with E-state index in [-0.39, 0.29) is 16.1 Å². The Morgan fingerprint density at radius 2 is 2.00 bits per heavy atom. The summed E-state index contributed by atoms with van der Waals surface area (Å²) in [7, 11) is 1.71. The van der Waals surface area contributed by atoms with E-state index in [1.165, 1.54) is 4.57 Å². The Morgan fingerprint density at radius 3 is 2.67 bits per heavy atom.